The lowest BCUT2D eigenvalue weighted by molar-refractivity contribution is -0.127. The van der Waals surface area contributed by atoms with E-state index in [1.807, 2.05) is 59.5 Å². The molecule has 0 aromatic heterocycles. The van der Waals surface area contributed by atoms with Crippen LogP contribution in [0.5, 0.6) is 11.5 Å². The van der Waals surface area contributed by atoms with Gasteiger partial charge in [0.05, 0.1) is 14.2 Å². The molecule has 0 unspecified atom stereocenters. The van der Waals surface area contributed by atoms with Crippen LogP contribution in [0, 0.1) is 0 Å². The fourth-order valence-corrected chi connectivity index (χ4v) is 2.77. The summed E-state index contributed by atoms with van der Waals surface area (Å²) in [4.78, 5) is 14.6. The maximum Gasteiger partial charge on any atom is 0.247 e. The Balaban J connectivity index is 1.76. The number of rotatable bonds is 7. The van der Waals surface area contributed by atoms with Crippen LogP contribution in [-0.4, -0.2) is 31.1 Å². The Bertz CT molecular complexity index is 751. The van der Waals surface area contributed by atoms with E-state index in [0.29, 0.717) is 12.6 Å². The van der Waals surface area contributed by atoms with Gasteiger partial charge in [0.15, 0.2) is 0 Å². The summed E-state index contributed by atoms with van der Waals surface area (Å²) in [5.74, 6) is 1.52. The third-order valence-electron chi connectivity index (χ3n) is 4.32. The van der Waals surface area contributed by atoms with E-state index in [-0.39, 0.29) is 5.91 Å². The minimum absolute atomic E-state index is 0.0317. The van der Waals surface area contributed by atoms with E-state index in [4.69, 9.17) is 9.47 Å². The Morgan fingerprint density at radius 1 is 1.12 bits per heavy atom. The fraction of sp³-hybridized carbons (Fsp3) is 0.286. The Hall–Kier alpha value is -2.75. The molecule has 0 radical (unpaired) electrons. The fourth-order valence-electron chi connectivity index (χ4n) is 2.77. The zero-order valence-corrected chi connectivity index (χ0v) is 14.6. The van der Waals surface area contributed by atoms with Crippen LogP contribution in [0.2, 0.25) is 0 Å². The van der Waals surface area contributed by atoms with Crippen molar-refractivity contribution in [3.05, 3.63) is 65.7 Å². The molecule has 0 heterocycles. The van der Waals surface area contributed by atoms with Crippen LogP contribution in [0.4, 0.5) is 0 Å². The number of amides is 1. The van der Waals surface area contributed by atoms with E-state index in [1.54, 1.807) is 20.3 Å². The van der Waals surface area contributed by atoms with Crippen LogP contribution in [0.15, 0.2) is 54.6 Å². The van der Waals surface area contributed by atoms with Crippen molar-refractivity contribution >= 4 is 12.0 Å². The average Bonchev–Trinajstić information content (AvgIpc) is 3.50. The Labute approximate surface area is 148 Å². The van der Waals surface area contributed by atoms with E-state index < -0.39 is 0 Å². The molecule has 0 atom stereocenters. The quantitative estimate of drug-likeness (QED) is 0.719. The largest absolute Gasteiger partial charge is 0.497 e. The first-order valence-electron chi connectivity index (χ1n) is 8.46. The second kappa shape index (κ2) is 7.88. The van der Waals surface area contributed by atoms with E-state index in [2.05, 4.69) is 0 Å². The van der Waals surface area contributed by atoms with Gasteiger partial charge in [0.2, 0.25) is 5.91 Å². The van der Waals surface area contributed by atoms with E-state index in [9.17, 15) is 4.79 Å². The molecule has 0 aliphatic heterocycles. The smallest absolute Gasteiger partial charge is 0.247 e. The maximum absolute atomic E-state index is 12.7. The molecule has 1 fully saturated rings. The molecule has 2 aromatic carbocycles. The lowest BCUT2D eigenvalue weighted by Crippen LogP contribution is -2.31. The maximum atomic E-state index is 12.7. The molecule has 3 rings (SSSR count). The molecule has 0 spiro atoms. The van der Waals surface area contributed by atoms with E-state index in [0.717, 1.165) is 35.5 Å². The van der Waals surface area contributed by atoms with Gasteiger partial charge in [-0.05, 0) is 36.6 Å². The van der Waals surface area contributed by atoms with Crippen molar-refractivity contribution < 1.29 is 14.3 Å². The molecule has 4 nitrogen and oxygen atoms in total. The molecule has 0 N–H and O–H groups in total. The molecule has 0 saturated heterocycles. The first kappa shape index (κ1) is 17.1. The number of hydrogen-bond donors (Lipinski definition) is 0. The average molecular weight is 337 g/mol. The van der Waals surface area contributed by atoms with Gasteiger partial charge >= 0.3 is 0 Å². The molecule has 130 valence electrons. The van der Waals surface area contributed by atoms with Gasteiger partial charge in [-0.25, -0.2) is 0 Å². The monoisotopic (exact) mass is 337 g/mol. The lowest BCUT2D eigenvalue weighted by Gasteiger charge is -2.22. The number of carbonyl (C=O) groups excluding carboxylic acids is 1. The normalized spacial score (nSPS) is 13.7. The zero-order valence-electron chi connectivity index (χ0n) is 14.6. The van der Waals surface area contributed by atoms with Crippen LogP contribution >= 0.6 is 0 Å². The van der Waals surface area contributed by atoms with Gasteiger partial charge in [0.25, 0.3) is 0 Å². The summed E-state index contributed by atoms with van der Waals surface area (Å²) in [5.41, 5.74) is 2.00. The molecule has 4 heteroatoms. The van der Waals surface area contributed by atoms with Gasteiger partial charge in [-0.15, -0.1) is 0 Å². The van der Waals surface area contributed by atoms with Gasteiger partial charge < -0.3 is 14.4 Å². The predicted octanol–water partition coefficient (Wildman–Crippen LogP) is 3.91. The number of ether oxygens (including phenoxy) is 2. The van der Waals surface area contributed by atoms with E-state index >= 15 is 0 Å². The molecule has 1 amide bonds. The summed E-state index contributed by atoms with van der Waals surface area (Å²) in [6.45, 7) is 0.537. The first-order valence-corrected chi connectivity index (χ1v) is 8.46. The highest BCUT2D eigenvalue weighted by atomic mass is 16.5. The van der Waals surface area contributed by atoms with Crippen LogP contribution < -0.4 is 9.47 Å². The van der Waals surface area contributed by atoms with Crippen molar-refractivity contribution in [1.82, 2.24) is 4.90 Å². The standard InChI is InChI=1S/C21H23NO3/c1-24-19-12-9-17(20(14-19)25-2)15-22(18-10-11-18)21(23)13-8-16-6-4-3-5-7-16/h3-9,12-14,18H,10-11,15H2,1-2H3/b13-8+. The number of nitrogens with zero attached hydrogens (tertiary/aromatic N) is 1. The van der Waals surface area contributed by atoms with Crippen molar-refractivity contribution in [2.75, 3.05) is 14.2 Å². The second-order valence-electron chi connectivity index (χ2n) is 6.12. The Morgan fingerprint density at radius 3 is 2.52 bits per heavy atom. The van der Waals surface area contributed by atoms with Gasteiger partial charge in [0.1, 0.15) is 11.5 Å². The summed E-state index contributed by atoms with van der Waals surface area (Å²) < 4.78 is 10.7. The van der Waals surface area contributed by atoms with Crippen molar-refractivity contribution in [1.29, 1.82) is 0 Å². The highest BCUT2D eigenvalue weighted by molar-refractivity contribution is 5.92. The predicted molar refractivity (Wildman–Crippen MR) is 98.6 cm³/mol. The SMILES string of the molecule is COc1ccc(CN(C(=O)/C=C/c2ccccc2)C2CC2)c(OC)c1. The molecule has 1 aliphatic carbocycles. The lowest BCUT2D eigenvalue weighted by atomic mass is 10.1. The number of carbonyl (C=O) groups is 1. The number of benzene rings is 2. The summed E-state index contributed by atoms with van der Waals surface area (Å²) in [5, 5.41) is 0. The number of hydrogen-bond acceptors (Lipinski definition) is 3. The number of methoxy groups -OCH3 is 2. The summed E-state index contributed by atoms with van der Waals surface area (Å²) >= 11 is 0. The Morgan fingerprint density at radius 2 is 1.88 bits per heavy atom. The highest BCUT2D eigenvalue weighted by Crippen LogP contribution is 2.32. The third-order valence-corrected chi connectivity index (χ3v) is 4.32. The molecule has 1 saturated carbocycles. The Kier molecular flexibility index (Phi) is 5.39. The van der Waals surface area contributed by atoms with Crippen molar-refractivity contribution in [2.45, 2.75) is 25.4 Å². The van der Waals surface area contributed by atoms with Crippen molar-refractivity contribution in [3.8, 4) is 11.5 Å². The minimum atomic E-state index is 0.0317. The molecule has 2 aromatic rings. The topological polar surface area (TPSA) is 38.8 Å². The molecule has 25 heavy (non-hydrogen) atoms. The second-order valence-corrected chi connectivity index (χ2v) is 6.12. The van der Waals surface area contributed by atoms with Crippen LogP contribution in [0.1, 0.15) is 24.0 Å². The third kappa shape index (κ3) is 4.41. The van der Waals surface area contributed by atoms with E-state index in [1.165, 1.54) is 0 Å². The van der Waals surface area contributed by atoms with Crippen molar-refractivity contribution in [3.63, 3.8) is 0 Å². The summed E-state index contributed by atoms with van der Waals surface area (Å²) in [6.07, 6.45) is 5.64. The first-order chi connectivity index (χ1) is 12.2. The molecule has 0 bridgehead atoms. The van der Waals surface area contributed by atoms with Crippen LogP contribution in [0.25, 0.3) is 6.08 Å². The molecular weight excluding hydrogens is 314 g/mol. The molecular formula is C21H23NO3. The van der Waals surface area contributed by atoms with Gasteiger partial charge in [-0.1, -0.05) is 30.3 Å². The van der Waals surface area contributed by atoms with Gasteiger partial charge in [0, 0.05) is 30.3 Å². The molecule has 1 aliphatic rings. The highest BCUT2D eigenvalue weighted by Gasteiger charge is 2.32. The van der Waals surface area contributed by atoms with Crippen LogP contribution in [-0.2, 0) is 11.3 Å². The summed E-state index contributed by atoms with van der Waals surface area (Å²) in [6, 6.07) is 15.9. The van der Waals surface area contributed by atoms with Gasteiger partial charge in [-0.2, -0.15) is 0 Å². The van der Waals surface area contributed by atoms with Gasteiger partial charge in [-0.3, -0.25) is 4.79 Å². The van der Waals surface area contributed by atoms with Crippen LogP contribution in [0.3, 0.4) is 0 Å². The minimum Gasteiger partial charge on any atom is -0.497 e. The van der Waals surface area contributed by atoms with Crippen molar-refractivity contribution in [2.24, 2.45) is 0 Å². The zero-order chi connectivity index (χ0) is 17.6. The summed E-state index contributed by atoms with van der Waals surface area (Å²) in [7, 11) is 3.26.